The number of aromatic amines is 1. The molecule has 0 unspecified atom stereocenters. The number of carbonyl (C=O) groups is 1. The number of allylic oxidation sites excluding steroid dienone is 4. The molecule has 2 aliphatic rings. The van der Waals surface area contributed by atoms with Crippen molar-refractivity contribution in [3.63, 3.8) is 0 Å². The van der Waals surface area contributed by atoms with Crippen molar-refractivity contribution in [3.8, 4) is 11.3 Å². The highest BCUT2D eigenvalue weighted by atomic mass is 16.3. The van der Waals surface area contributed by atoms with Crippen LogP contribution in [0, 0.1) is 5.92 Å². The number of nitrogens with zero attached hydrogens (tertiary/aromatic N) is 4. The maximum absolute atomic E-state index is 8.36. The molecule has 3 heterocycles. The number of nitrogens with two attached hydrogens (primary N) is 1. The van der Waals surface area contributed by atoms with Crippen LogP contribution >= 0.6 is 0 Å². The fourth-order valence-corrected chi connectivity index (χ4v) is 3.49. The highest BCUT2D eigenvalue weighted by Crippen LogP contribution is 2.42. The lowest BCUT2D eigenvalue weighted by atomic mass is 10.1. The maximum atomic E-state index is 8.36. The molecular weight excluding hydrogens is 392 g/mol. The molecule has 8 nitrogen and oxygen atoms in total. The van der Waals surface area contributed by atoms with E-state index in [9.17, 15) is 0 Å². The third-order valence-electron chi connectivity index (χ3n) is 5.00. The van der Waals surface area contributed by atoms with Gasteiger partial charge < -0.3 is 15.7 Å². The van der Waals surface area contributed by atoms with Gasteiger partial charge in [0.25, 0.3) is 6.47 Å². The van der Waals surface area contributed by atoms with E-state index in [2.05, 4.69) is 28.3 Å². The lowest BCUT2D eigenvalue weighted by Gasteiger charge is -2.18. The Morgan fingerprint density at radius 3 is 2.61 bits per heavy atom. The van der Waals surface area contributed by atoms with Crippen molar-refractivity contribution in [1.82, 2.24) is 20.2 Å². The monoisotopic (exact) mass is 422 g/mol. The molecule has 0 aromatic carbocycles. The highest BCUT2D eigenvalue weighted by molar-refractivity contribution is 5.71. The number of hydrogen-bond acceptors (Lipinski definition) is 6. The molecule has 0 spiro atoms. The van der Waals surface area contributed by atoms with Crippen LogP contribution in [0.5, 0.6) is 0 Å². The molecule has 2 aromatic heterocycles. The Morgan fingerprint density at radius 1 is 1.35 bits per heavy atom. The Morgan fingerprint density at radius 2 is 2.06 bits per heavy atom. The molecule has 164 valence electrons. The van der Waals surface area contributed by atoms with Crippen molar-refractivity contribution in [3.05, 3.63) is 66.4 Å². The molecule has 2 aromatic rings. The molecule has 2 fully saturated rings. The van der Waals surface area contributed by atoms with E-state index in [1.807, 2.05) is 25.3 Å². The van der Waals surface area contributed by atoms with Gasteiger partial charge in [0.1, 0.15) is 5.82 Å². The molecule has 4 rings (SSSR count). The van der Waals surface area contributed by atoms with E-state index < -0.39 is 0 Å². The van der Waals surface area contributed by atoms with Crippen LogP contribution in [0.2, 0.25) is 0 Å². The van der Waals surface area contributed by atoms with Gasteiger partial charge in [0, 0.05) is 42.2 Å². The molecular formula is C23H30N6O2. The third kappa shape index (κ3) is 5.48. The molecule has 0 bridgehead atoms. The van der Waals surface area contributed by atoms with Gasteiger partial charge in [-0.25, -0.2) is 9.97 Å². The van der Waals surface area contributed by atoms with Crippen molar-refractivity contribution in [1.29, 1.82) is 0 Å². The zero-order valence-corrected chi connectivity index (χ0v) is 17.0. The second-order valence-corrected chi connectivity index (χ2v) is 7.29. The number of carboxylic acid groups (broad SMARTS) is 1. The van der Waals surface area contributed by atoms with Crippen LogP contribution in [0.25, 0.3) is 16.8 Å². The Labute approximate surface area is 182 Å². The fourth-order valence-electron chi connectivity index (χ4n) is 3.49. The minimum atomic E-state index is -0.250. The first-order valence-electron chi connectivity index (χ1n) is 9.65. The Hall–Kier alpha value is -3.68. The molecule has 1 saturated heterocycles. The standard InChI is InChI=1S/C21H24N6.CH2O2.CH4/c1-4-5-16-12-27(11-13(16)2)19-8-18(17-9-23-24-10-17)25-21(26-19)20(14(3)22)15-6-7-15;2-1-3;/h4-5,8-10,15H,1-2,6-7,11-12,22H2,3H3,(H,23,24);1H,(H,2,3);1H4/b16-5-,20-14-;;. The van der Waals surface area contributed by atoms with Crippen LogP contribution in [0.4, 0.5) is 5.82 Å². The van der Waals surface area contributed by atoms with Crippen LogP contribution in [0.3, 0.4) is 0 Å². The average Bonchev–Trinajstić information content (AvgIpc) is 3.24. The molecule has 1 aliphatic heterocycles. The van der Waals surface area contributed by atoms with Crippen LogP contribution in [0.15, 0.2) is 60.6 Å². The van der Waals surface area contributed by atoms with Crippen molar-refractivity contribution < 1.29 is 9.90 Å². The summed E-state index contributed by atoms with van der Waals surface area (Å²) in [5, 5.41) is 13.8. The van der Waals surface area contributed by atoms with Crippen molar-refractivity contribution in [2.45, 2.75) is 27.2 Å². The summed E-state index contributed by atoms with van der Waals surface area (Å²) in [6, 6.07) is 2.01. The van der Waals surface area contributed by atoms with Gasteiger partial charge in [0.2, 0.25) is 0 Å². The summed E-state index contributed by atoms with van der Waals surface area (Å²) < 4.78 is 0. The Bertz CT molecular complexity index is 999. The van der Waals surface area contributed by atoms with Crippen molar-refractivity contribution in [2.24, 2.45) is 11.7 Å². The molecule has 0 amide bonds. The van der Waals surface area contributed by atoms with Gasteiger partial charge in [0.15, 0.2) is 5.82 Å². The summed E-state index contributed by atoms with van der Waals surface area (Å²) >= 11 is 0. The third-order valence-corrected chi connectivity index (χ3v) is 5.00. The van der Waals surface area contributed by atoms with Gasteiger partial charge in [-0.1, -0.05) is 32.7 Å². The first kappa shape index (κ1) is 23.6. The molecule has 0 atom stereocenters. The summed E-state index contributed by atoms with van der Waals surface area (Å²) in [5.41, 5.74) is 12.1. The van der Waals surface area contributed by atoms with Gasteiger partial charge >= 0.3 is 0 Å². The highest BCUT2D eigenvalue weighted by Gasteiger charge is 2.31. The summed E-state index contributed by atoms with van der Waals surface area (Å²) in [7, 11) is 0. The molecule has 1 saturated carbocycles. The summed E-state index contributed by atoms with van der Waals surface area (Å²) in [5.74, 6) is 2.06. The van der Waals surface area contributed by atoms with E-state index in [0.717, 1.165) is 65.7 Å². The predicted octanol–water partition coefficient (Wildman–Crippen LogP) is 3.79. The van der Waals surface area contributed by atoms with Gasteiger partial charge in [0.05, 0.1) is 11.9 Å². The lowest BCUT2D eigenvalue weighted by molar-refractivity contribution is -0.122. The molecule has 31 heavy (non-hydrogen) atoms. The summed E-state index contributed by atoms with van der Waals surface area (Å²) in [4.78, 5) is 20.3. The fraction of sp³-hybridized carbons (Fsp3) is 0.304. The van der Waals surface area contributed by atoms with Gasteiger partial charge in [-0.3, -0.25) is 9.89 Å². The van der Waals surface area contributed by atoms with Gasteiger partial charge in [-0.05, 0) is 36.8 Å². The van der Waals surface area contributed by atoms with Crippen LogP contribution in [-0.4, -0.2) is 44.8 Å². The van der Waals surface area contributed by atoms with E-state index in [1.165, 1.54) is 5.57 Å². The second kappa shape index (κ2) is 10.4. The number of H-pyrrole nitrogens is 1. The number of aromatic nitrogens is 4. The normalized spacial score (nSPS) is 17.4. The van der Waals surface area contributed by atoms with E-state index in [4.69, 9.17) is 25.6 Å². The first-order chi connectivity index (χ1) is 14.5. The van der Waals surface area contributed by atoms with Gasteiger partial charge in [-0.15, -0.1) is 0 Å². The molecule has 8 heteroatoms. The van der Waals surface area contributed by atoms with E-state index >= 15 is 0 Å². The largest absolute Gasteiger partial charge is 0.483 e. The van der Waals surface area contributed by atoms with Crippen molar-refractivity contribution >= 4 is 17.9 Å². The maximum Gasteiger partial charge on any atom is 0.290 e. The minimum Gasteiger partial charge on any atom is -0.483 e. The molecule has 1 aliphatic carbocycles. The van der Waals surface area contributed by atoms with Crippen LogP contribution in [-0.2, 0) is 4.79 Å². The quantitative estimate of drug-likeness (QED) is 0.627. The number of rotatable bonds is 5. The summed E-state index contributed by atoms with van der Waals surface area (Å²) in [6.45, 7) is 11.2. The molecule has 4 N–H and O–H groups in total. The van der Waals surface area contributed by atoms with Gasteiger partial charge in [-0.2, -0.15) is 5.10 Å². The topological polar surface area (TPSA) is 121 Å². The van der Waals surface area contributed by atoms with Crippen LogP contribution < -0.4 is 10.6 Å². The van der Waals surface area contributed by atoms with E-state index in [0.29, 0.717) is 5.92 Å². The molecule has 0 radical (unpaired) electrons. The predicted molar refractivity (Wildman–Crippen MR) is 124 cm³/mol. The Balaban J connectivity index is 0.000000808. The number of anilines is 1. The Kier molecular flexibility index (Phi) is 7.90. The average molecular weight is 423 g/mol. The lowest BCUT2D eigenvalue weighted by Crippen LogP contribution is -2.21. The summed E-state index contributed by atoms with van der Waals surface area (Å²) in [6.07, 6.45) is 9.73. The number of hydrogen-bond donors (Lipinski definition) is 3. The first-order valence-corrected chi connectivity index (χ1v) is 9.65. The zero-order valence-electron chi connectivity index (χ0n) is 17.0. The van der Waals surface area contributed by atoms with E-state index in [-0.39, 0.29) is 13.9 Å². The SMILES string of the molecule is C.C=C/C=C1/CN(c2cc(-c3cn[nH]c3)nc(/C(=C(/C)N)C3CC3)n2)CC1=C.O=CO. The minimum absolute atomic E-state index is 0. The zero-order chi connectivity index (χ0) is 21.7. The van der Waals surface area contributed by atoms with E-state index in [1.54, 1.807) is 12.3 Å². The number of nitrogens with one attached hydrogen (secondary N) is 1. The van der Waals surface area contributed by atoms with Crippen LogP contribution in [0.1, 0.15) is 33.0 Å². The second-order valence-electron chi connectivity index (χ2n) is 7.29. The van der Waals surface area contributed by atoms with Crippen molar-refractivity contribution in [2.75, 3.05) is 18.0 Å². The smallest absolute Gasteiger partial charge is 0.290 e.